The van der Waals surface area contributed by atoms with Crippen LogP contribution in [0.1, 0.15) is 18.6 Å². The molecule has 0 saturated heterocycles. The third-order valence-corrected chi connectivity index (χ3v) is 2.60. The molecular formula is C10H10N2O. The van der Waals surface area contributed by atoms with Crippen LogP contribution in [-0.2, 0) is 5.54 Å². The van der Waals surface area contributed by atoms with Gasteiger partial charge in [0, 0.05) is 17.8 Å². The molecular weight excluding hydrogens is 164 g/mol. The normalized spacial score (nSPS) is 19.2. The lowest BCUT2D eigenvalue weighted by atomic mass is 10.2. The molecule has 1 aliphatic rings. The number of furan rings is 1. The maximum absolute atomic E-state index is 6.02. The van der Waals surface area contributed by atoms with E-state index in [1.54, 1.807) is 12.4 Å². The van der Waals surface area contributed by atoms with Gasteiger partial charge in [0.1, 0.15) is 11.3 Å². The van der Waals surface area contributed by atoms with Crippen molar-refractivity contribution in [3.05, 3.63) is 30.3 Å². The number of hydrogen-bond acceptors (Lipinski definition) is 3. The summed E-state index contributed by atoms with van der Waals surface area (Å²) in [5, 5.41) is 1.04. The van der Waals surface area contributed by atoms with Crippen LogP contribution in [0.25, 0.3) is 11.0 Å². The Hall–Kier alpha value is -1.35. The molecule has 0 atom stereocenters. The number of nitrogens with two attached hydrogens (primary N) is 1. The van der Waals surface area contributed by atoms with Gasteiger partial charge in [-0.2, -0.15) is 0 Å². The van der Waals surface area contributed by atoms with Crippen molar-refractivity contribution < 1.29 is 4.42 Å². The van der Waals surface area contributed by atoms with Gasteiger partial charge in [-0.1, -0.05) is 0 Å². The van der Waals surface area contributed by atoms with Crippen molar-refractivity contribution in [2.45, 2.75) is 18.4 Å². The molecule has 1 aliphatic carbocycles. The van der Waals surface area contributed by atoms with Crippen LogP contribution in [0.5, 0.6) is 0 Å². The molecule has 0 spiro atoms. The lowest BCUT2D eigenvalue weighted by Crippen LogP contribution is -2.17. The first-order valence-corrected chi connectivity index (χ1v) is 4.41. The van der Waals surface area contributed by atoms with E-state index in [0.29, 0.717) is 0 Å². The highest BCUT2D eigenvalue weighted by Crippen LogP contribution is 2.44. The highest BCUT2D eigenvalue weighted by Gasteiger charge is 2.43. The average Bonchev–Trinajstić information content (AvgIpc) is 2.76. The van der Waals surface area contributed by atoms with Crippen molar-refractivity contribution in [3.8, 4) is 0 Å². The van der Waals surface area contributed by atoms with Gasteiger partial charge in [0.05, 0.1) is 5.54 Å². The molecule has 0 unspecified atom stereocenters. The predicted molar refractivity (Wildman–Crippen MR) is 49.1 cm³/mol. The van der Waals surface area contributed by atoms with E-state index in [1.165, 1.54) is 0 Å². The molecule has 0 aliphatic heterocycles. The van der Waals surface area contributed by atoms with E-state index in [0.717, 1.165) is 29.6 Å². The monoisotopic (exact) mass is 174 g/mol. The first-order valence-electron chi connectivity index (χ1n) is 4.41. The van der Waals surface area contributed by atoms with E-state index >= 15 is 0 Å². The largest absolute Gasteiger partial charge is 0.459 e. The van der Waals surface area contributed by atoms with Gasteiger partial charge < -0.3 is 10.2 Å². The Balaban J connectivity index is 2.22. The summed E-state index contributed by atoms with van der Waals surface area (Å²) >= 11 is 0. The van der Waals surface area contributed by atoms with Crippen molar-refractivity contribution in [1.29, 1.82) is 0 Å². The summed E-state index contributed by atoms with van der Waals surface area (Å²) in [6, 6.07) is 3.86. The Bertz CT molecular complexity index is 424. The van der Waals surface area contributed by atoms with Gasteiger partial charge in [0.25, 0.3) is 0 Å². The Labute approximate surface area is 75.6 Å². The van der Waals surface area contributed by atoms with Crippen LogP contribution in [0.15, 0.2) is 28.9 Å². The van der Waals surface area contributed by atoms with Gasteiger partial charge in [-0.3, -0.25) is 4.98 Å². The first-order chi connectivity index (χ1) is 6.28. The summed E-state index contributed by atoms with van der Waals surface area (Å²) in [6.07, 6.45) is 5.58. The van der Waals surface area contributed by atoms with E-state index < -0.39 is 0 Å². The Morgan fingerprint density at radius 2 is 2.31 bits per heavy atom. The van der Waals surface area contributed by atoms with Crippen molar-refractivity contribution >= 4 is 11.0 Å². The molecule has 1 saturated carbocycles. The van der Waals surface area contributed by atoms with E-state index in [-0.39, 0.29) is 5.54 Å². The van der Waals surface area contributed by atoms with Gasteiger partial charge in [-0.25, -0.2) is 0 Å². The van der Waals surface area contributed by atoms with Crippen molar-refractivity contribution in [2.24, 2.45) is 5.73 Å². The van der Waals surface area contributed by atoms with Crippen LogP contribution < -0.4 is 5.73 Å². The molecule has 2 aromatic rings. The van der Waals surface area contributed by atoms with Crippen molar-refractivity contribution in [1.82, 2.24) is 4.98 Å². The van der Waals surface area contributed by atoms with Crippen LogP contribution in [0, 0.1) is 0 Å². The highest BCUT2D eigenvalue weighted by molar-refractivity contribution is 5.76. The second-order valence-corrected chi connectivity index (χ2v) is 3.68. The number of rotatable bonds is 1. The zero-order chi connectivity index (χ0) is 8.89. The second kappa shape index (κ2) is 2.12. The number of pyridine rings is 1. The molecule has 2 heterocycles. The molecule has 2 N–H and O–H groups in total. The summed E-state index contributed by atoms with van der Waals surface area (Å²) in [6.45, 7) is 0. The number of hydrogen-bond donors (Lipinski definition) is 1. The third kappa shape index (κ3) is 0.971. The number of nitrogens with zero attached hydrogens (tertiary/aromatic N) is 1. The molecule has 3 nitrogen and oxygen atoms in total. The molecule has 13 heavy (non-hydrogen) atoms. The molecule has 3 heteroatoms. The zero-order valence-corrected chi connectivity index (χ0v) is 7.16. The SMILES string of the molecule is NC1(c2cc3cnccc3o2)CC1. The molecule has 1 fully saturated rings. The molecule has 0 aromatic carbocycles. The van der Waals surface area contributed by atoms with E-state index in [1.807, 2.05) is 12.1 Å². The van der Waals surface area contributed by atoms with Gasteiger partial charge in [-0.05, 0) is 25.0 Å². The molecule has 0 bridgehead atoms. The lowest BCUT2D eigenvalue weighted by Gasteiger charge is -2.01. The maximum atomic E-state index is 6.02. The fourth-order valence-corrected chi connectivity index (χ4v) is 1.51. The first kappa shape index (κ1) is 7.09. The number of aromatic nitrogens is 1. The number of fused-ring (bicyclic) bond motifs is 1. The van der Waals surface area contributed by atoms with Crippen molar-refractivity contribution in [3.63, 3.8) is 0 Å². The van der Waals surface area contributed by atoms with Gasteiger partial charge in [0.2, 0.25) is 0 Å². The van der Waals surface area contributed by atoms with E-state index in [9.17, 15) is 0 Å². The van der Waals surface area contributed by atoms with Crippen LogP contribution in [0.4, 0.5) is 0 Å². The minimum Gasteiger partial charge on any atom is -0.459 e. The summed E-state index contributed by atoms with van der Waals surface area (Å²) in [5.74, 6) is 0.899. The quantitative estimate of drug-likeness (QED) is 0.716. The van der Waals surface area contributed by atoms with Crippen LogP contribution >= 0.6 is 0 Å². The zero-order valence-electron chi connectivity index (χ0n) is 7.16. The molecule has 0 radical (unpaired) electrons. The summed E-state index contributed by atoms with van der Waals surface area (Å²) < 4.78 is 5.63. The van der Waals surface area contributed by atoms with Crippen LogP contribution in [-0.4, -0.2) is 4.98 Å². The molecule has 3 rings (SSSR count). The van der Waals surface area contributed by atoms with Crippen molar-refractivity contribution in [2.75, 3.05) is 0 Å². The molecule has 66 valence electrons. The standard InChI is InChI=1S/C10H10N2O/c11-10(2-3-10)9-5-7-6-12-4-1-8(7)13-9/h1,4-6H,2-3,11H2. The minimum atomic E-state index is -0.182. The van der Waals surface area contributed by atoms with Crippen LogP contribution in [0.2, 0.25) is 0 Å². The Morgan fingerprint density at radius 1 is 1.46 bits per heavy atom. The second-order valence-electron chi connectivity index (χ2n) is 3.68. The Morgan fingerprint density at radius 3 is 3.00 bits per heavy atom. The summed E-state index contributed by atoms with van der Waals surface area (Å²) in [5.41, 5.74) is 6.71. The van der Waals surface area contributed by atoms with E-state index in [4.69, 9.17) is 10.2 Å². The van der Waals surface area contributed by atoms with Crippen LogP contribution in [0.3, 0.4) is 0 Å². The summed E-state index contributed by atoms with van der Waals surface area (Å²) in [7, 11) is 0. The topological polar surface area (TPSA) is 52.0 Å². The fraction of sp³-hybridized carbons (Fsp3) is 0.300. The molecule has 2 aromatic heterocycles. The summed E-state index contributed by atoms with van der Waals surface area (Å²) in [4.78, 5) is 4.03. The molecule has 0 amide bonds. The highest BCUT2D eigenvalue weighted by atomic mass is 16.3. The fourth-order valence-electron chi connectivity index (χ4n) is 1.51. The van der Waals surface area contributed by atoms with Gasteiger partial charge in [0.15, 0.2) is 0 Å². The van der Waals surface area contributed by atoms with E-state index in [2.05, 4.69) is 4.98 Å². The van der Waals surface area contributed by atoms with Gasteiger partial charge >= 0.3 is 0 Å². The predicted octanol–water partition coefficient (Wildman–Crippen LogP) is 1.78. The minimum absolute atomic E-state index is 0.182. The Kier molecular flexibility index (Phi) is 1.15. The third-order valence-electron chi connectivity index (χ3n) is 2.60. The average molecular weight is 174 g/mol. The smallest absolute Gasteiger partial charge is 0.137 e. The van der Waals surface area contributed by atoms with Gasteiger partial charge in [-0.15, -0.1) is 0 Å². The maximum Gasteiger partial charge on any atom is 0.137 e. The lowest BCUT2D eigenvalue weighted by molar-refractivity contribution is 0.486.